The highest BCUT2D eigenvalue weighted by atomic mass is 16.2. The SMILES string of the molecule is CNc1cn2ccnc2c(NC2CCN(C)C2=O)n1. The number of anilines is 2. The van der Waals surface area contributed by atoms with Crippen LogP contribution in [0.4, 0.5) is 11.6 Å². The van der Waals surface area contributed by atoms with Gasteiger partial charge < -0.3 is 19.9 Å². The lowest BCUT2D eigenvalue weighted by atomic mass is 10.2. The van der Waals surface area contributed by atoms with Gasteiger partial charge in [0.25, 0.3) is 0 Å². The zero-order valence-corrected chi connectivity index (χ0v) is 10.9. The Labute approximate surface area is 110 Å². The Kier molecular flexibility index (Phi) is 2.73. The summed E-state index contributed by atoms with van der Waals surface area (Å²) >= 11 is 0. The van der Waals surface area contributed by atoms with Gasteiger partial charge in [-0.15, -0.1) is 0 Å². The molecule has 1 saturated heterocycles. The Morgan fingerprint density at radius 3 is 3.00 bits per heavy atom. The second kappa shape index (κ2) is 4.42. The van der Waals surface area contributed by atoms with Gasteiger partial charge in [-0.1, -0.05) is 0 Å². The fourth-order valence-corrected chi connectivity index (χ4v) is 2.27. The van der Waals surface area contributed by atoms with E-state index in [1.165, 1.54) is 0 Å². The van der Waals surface area contributed by atoms with E-state index in [-0.39, 0.29) is 11.9 Å². The highest BCUT2D eigenvalue weighted by Gasteiger charge is 2.29. The number of amides is 1. The molecule has 1 fully saturated rings. The van der Waals surface area contributed by atoms with Crippen molar-refractivity contribution in [3.05, 3.63) is 18.6 Å². The molecule has 1 unspecified atom stereocenters. The predicted molar refractivity (Wildman–Crippen MR) is 72.2 cm³/mol. The van der Waals surface area contributed by atoms with Crippen LogP contribution in [0.1, 0.15) is 6.42 Å². The van der Waals surface area contributed by atoms with Gasteiger partial charge in [0.1, 0.15) is 11.9 Å². The van der Waals surface area contributed by atoms with Crippen molar-refractivity contribution < 1.29 is 4.79 Å². The Hall–Kier alpha value is -2.31. The molecular formula is C12H16N6O. The van der Waals surface area contributed by atoms with Gasteiger partial charge in [-0.2, -0.15) is 0 Å². The fraction of sp³-hybridized carbons (Fsp3) is 0.417. The summed E-state index contributed by atoms with van der Waals surface area (Å²) in [6.07, 6.45) is 6.21. The molecule has 2 aromatic heterocycles. The first-order valence-electron chi connectivity index (χ1n) is 6.22. The van der Waals surface area contributed by atoms with E-state index in [1.54, 1.807) is 11.1 Å². The molecule has 7 heteroatoms. The molecule has 1 aliphatic heterocycles. The number of nitrogens with zero attached hydrogens (tertiary/aromatic N) is 4. The molecule has 2 aromatic rings. The summed E-state index contributed by atoms with van der Waals surface area (Å²) in [6, 6.07) is -0.217. The maximum atomic E-state index is 11.9. The van der Waals surface area contributed by atoms with Crippen LogP contribution in [0.3, 0.4) is 0 Å². The van der Waals surface area contributed by atoms with Gasteiger partial charge in [0.05, 0.1) is 6.20 Å². The summed E-state index contributed by atoms with van der Waals surface area (Å²) < 4.78 is 1.88. The normalized spacial score (nSPS) is 19.2. The van der Waals surface area contributed by atoms with Crippen LogP contribution in [0.15, 0.2) is 18.6 Å². The average molecular weight is 260 g/mol. The van der Waals surface area contributed by atoms with Crippen LogP contribution in [-0.4, -0.2) is 51.9 Å². The third kappa shape index (κ3) is 1.96. The van der Waals surface area contributed by atoms with Crippen LogP contribution in [0, 0.1) is 0 Å². The first-order chi connectivity index (χ1) is 9.19. The number of rotatable bonds is 3. The first kappa shape index (κ1) is 11.8. The molecule has 1 atom stereocenters. The Morgan fingerprint density at radius 2 is 2.32 bits per heavy atom. The number of carbonyl (C=O) groups is 1. The van der Waals surface area contributed by atoms with Gasteiger partial charge in [-0.3, -0.25) is 4.79 Å². The summed E-state index contributed by atoms with van der Waals surface area (Å²) in [4.78, 5) is 22.4. The lowest BCUT2D eigenvalue weighted by Gasteiger charge is -2.14. The average Bonchev–Trinajstić information content (AvgIpc) is 3.00. The van der Waals surface area contributed by atoms with Gasteiger partial charge in [0, 0.05) is 33.0 Å². The predicted octanol–water partition coefficient (Wildman–Crippen LogP) is 0.414. The molecule has 2 N–H and O–H groups in total. The van der Waals surface area contributed by atoms with Crippen molar-refractivity contribution in [2.24, 2.45) is 0 Å². The van der Waals surface area contributed by atoms with Crippen molar-refractivity contribution in [1.29, 1.82) is 0 Å². The van der Waals surface area contributed by atoms with E-state index in [1.807, 2.05) is 30.9 Å². The van der Waals surface area contributed by atoms with E-state index in [9.17, 15) is 4.79 Å². The number of nitrogens with one attached hydrogen (secondary N) is 2. The number of likely N-dealkylation sites (tertiary alicyclic amines) is 1. The monoisotopic (exact) mass is 260 g/mol. The van der Waals surface area contributed by atoms with Crippen molar-refractivity contribution in [1.82, 2.24) is 19.3 Å². The third-order valence-corrected chi connectivity index (χ3v) is 3.37. The lowest BCUT2D eigenvalue weighted by Crippen LogP contribution is -2.31. The molecule has 0 radical (unpaired) electrons. The minimum atomic E-state index is -0.217. The molecular weight excluding hydrogens is 244 g/mol. The Morgan fingerprint density at radius 1 is 1.47 bits per heavy atom. The minimum Gasteiger partial charge on any atom is -0.372 e. The van der Waals surface area contributed by atoms with Crippen LogP contribution < -0.4 is 10.6 Å². The van der Waals surface area contributed by atoms with Crippen LogP contribution in [0.2, 0.25) is 0 Å². The summed E-state index contributed by atoms with van der Waals surface area (Å²) in [5.41, 5.74) is 0.723. The second-order valence-electron chi connectivity index (χ2n) is 4.63. The fourth-order valence-electron chi connectivity index (χ4n) is 2.27. The van der Waals surface area contributed by atoms with E-state index in [0.717, 1.165) is 24.4 Å². The number of aromatic nitrogens is 3. The molecule has 1 amide bonds. The number of hydrogen-bond acceptors (Lipinski definition) is 5. The van der Waals surface area contributed by atoms with E-state index in [0.29, 0.717) is 5.82 Å². The maximum Gasteiger partial charge on any atom is 0.244 e. The number of imidazole rings is 1. The first-order valence-corrected chi connectivity index (χ1v) is 6.22. The van der Waals surface area contributed by atoms with E-state index in [4.69, 9.17) is 0 Å². The zero-order chi connectivity index (χ0) is 13.4. The van der Waals surface area contributed by atoms with Crippen molar-refractivity contribution in [3.8, 4) is 0 Å². The van der Waals surface area contributed by atoms with E-state index in [2.05, 4.69) is 20.6 Å². The molecule has 19 heavy (non-hydrogen) atoms. The largest absolute Gasteiger partial charge is 0.372 e. The maximum absolute atomic E-state index is 11.9. The minimum absolute atomic E-state index is 0.0985. The molecule has 1 aliphatic rings. The number of carbonyl (C=O) groups excluding carboxylic acids is 1. The van der Waals surface area contributed by atoms with Crippen molar-refractivity contribution >= 4 is 23.2 Å². The Bertz CT molecular complexity index is 622. The van der Waals surface area contributed by atoms with Gasteiger partial charge >= 0.3 is 0 Å². The van der Waals surface area contributed by atoms with Gasteiger partial charge in [-0.25, -0.2) is 9.97 Å². The summed E-state index contributed by atoms with van der Waals surface area (Å²) in [5.74, 6) is 1.46. The molecule has 7 nitrogen and oxygen atoms in total. The molecule has 0 aromatic carbocycles. The van der Waals surface area contributed by atoms with Crippen molar-refractivity contribution in [2.45, 2.75) is 12.5 Å². The standard InChI is InChI=1S/C12H16N6O/c1-13-9-7-18-6-4-14-11(18)10(16-9)15-8-3-5-17(2)12(8)19/h4,6-8,13H,3,5H2,1-2H3,(H,15,16). The molecule has 0 spiro atoms. The molecule has 0 saturated carbocycles. The van der Waals surface area contributed by atoms with Gasteiger partial charge in [-0.05, 0) is 6.42 Å². The third-order valence-electron chi connectivity index (χ3n) is 3.37. The smallest absolute Gasteiger partial charge is 0.244 e. The topological polar surface area (TPSA) is 74.6 Å². The second-order valence-corrected chi connectivity index (χ2v) is 4.63. The molecule has 0 aliphatic carbocycles. The molecule has 100 valence electrons. The van der Waals surface area contributed by atoms with Crippen LogP contribution in [-0.2, 0) is 4.79 Å². The van der Waals surface area contributed by atoms with Crippen molar-refractivity contribution in [3.63, 3.8) is 0 Å². The Balaban J connectivity index is 1.95. The molecule has 3 rings (SSSR count). The van der Waals surface area contributed by atoms with E-state index >= 15 is 0 Å². The zero-order valence-electron chi connectivity index (χ0n) is 10.9. The lowest BCUT2D eigenvalue weighted by molar-refractivity contribution is -0.127. The highest BCUT2D eigenvalue weighted by Crippen LogP contribution is 2.20. The van der Waals surface area contributed by atoms with Gasteiger partial charge in [0.2, 0.25) is 5.91 Å². The number of fused-ring (bicyclic) bond motifs is 1. The van der Waals surface area contributed by atoms with Crippen LogP contribution in [0.5, 0.6) is 0 Å². The molecule has 0 bridgehead atoms. The number of hydrogen-bond donors (Lipinski definition) is 2. The highest BCUT2D eigenvalue weighted by molar-refractivity contribution is 5.87. The van der Waals surface area contributed by atoms with E-state index < -0.39 is 0 Å². The van der Waals surface area contributed by atoms with Crippen LogP contribution >= 0.6 is 0 Å². The summed E-state index contributed by atoms with van der Waals surface area (Å²) in [6.45, 7) is 0.771. The van der Waals surface area contributed by atoms with Crippen LogP contribution in [0.25, 0.3) is 5.65 Å². The molecule has 3 heterocycles. The quantitative estimate of drug-likeness (QED) is 0.836. The van der Waals surface area contributed by atoms with Crippen molar-refractivity contribution in [2.75, 3.05) is 31.3 Å². The summed E-state index contributed by atoms with van der Waals surface area (Å²) in [5, 5.41) is 6.20. The van der Waals surface area contributed by atoms with Gasteiger partial charge in [0.15, 0.2) is 11.5 Å². The number of likely N-dealkylation sites (N-methyl/N-ethyl adjacent to an activating group) is 1. The summed E-state index contributed by atoms with van der Waals surface area (Å²) in [7, 11) is 3.62.